The van der Waals surface area contributed by atoms with Crippen LogP contribution in [0.2, 0.25) is 0 Å². The number of nitrogens with one attached hydrogen (secondary N) is 1. The molecule has 1 aromatic rings. The predicted molar refractivity (Wildman–Crippen MR) is 72.4 cm³/mol. The van der Waals surface area contributed by atoms with E-state index < -0.39 is 17.8 Å². The Labute approximate surface area is 125 Å². The monoisotopic (exact) mass is 315 g/mol. The van der Waals surface area contributed by atoms with Gasteiger partial charge < -0.3 is 15.0 Å². The number of amides is 1. The number of ether oxygens (including phenoxy) is 1. The van der Waals surface area contributed by atoms with Gasteiger partial charge in [-0.2, -0.15) is 13.2 Å². The molecule has 2 aliphatic rings. The summed E-state index contributed by atoms with van der Waals surface area (Å²) in [6.45, 7) is 1.12. The molecule has 1 saturated heterocycles. The van der Waals surface area contributed by atoms with Gasteiger partial charge in [-0.3, -0.25) is 4.79 Å². The molecule has 0 bridgehead atoms. The van der Waals surface area contributed by atoms with Crippen LogP contribution < -0.4 is 10.2 Å². The highest BCUT2D eigenvalue weighted by Gasteiger charge is 2.33. The van der Waals surface area contributed by atoms with E-state index in [1.165, 1.54) is 6.07 Å². The van der Waals surface area contributed by atoms with E-state index in [0.717, 1.165) is 25.1 Å². The second-order valence-corrected chi connectivity index (χ2v) is 5.49. The molecular formula is C14H16F3N3O2. The molecule has 0 aromatic carbocycles. The summed E-state index contributed by atoms with van der Waals surface area (Å²) in [5.41, 5.74) is -0.785. The number of hydrogen-bond acceptors (Lipinski definition) is 4. The van der Waals surface area contributed by atoms with E-state index >= 15 is 0 Å². The highest BCUT2D eigenvalue weighted by Crippen LogP contribution is 2.29. The predicted octanol–water partition coefficient (Wildman–Crippen LogP) is 1.58. The molecule has 1 amide bonds. The first-order valence-corrected chi connectivity index (χ1v) is 7.13. The van der Waals surface area contributed by atoms with Gasteiger partial charge in [0.1, 0.15) is 5.82 Å². The number of rotatable bonds is 3. The topological polar surface area (TPSA) is 54.5 Å². The maximum Gasteiger partial charge on any atom is 0.417 e. The van der Waals surface area contributed by atoms with Crippen molar-refractivity contribution in [2.45, 2.75) is 31.2 Å². The number of alkyl halides is 3. The van der Waals surface area contributed by atoms with E-state index in [0.29, 0.717) is 19.0 Å². The van der Waals surface area contributed by atoms with Gasteiger partial charge >= 0.3 is 6.18 Å². The Morgan fingerprint density at radius 2 is 2.14 bits per heavy atom. The molecule has 1 N–H and O–H groups in total. The fraction of sp³-hybridized carbons (Fsp3) is 0.571. The average Bonchev–Trinajstić information content (AvgIpc) is 3.30. The lowest BCUT2D eigenvalue weighted by atomic mass is 10.2. The van der Waals surface area contributed by atoms with Crippen LogP contribution in [-0.4, -0.2) is 42.7 Å². The number of morpholine rings is 1. The molecule has 8 heteroatoms. The van der Waals surface area contributed by atoms with Crippen molar-refractivity contribution in [3.63, 3.8) is 0 Å². The third kappa shape index (κ3) is 3.49. The Bertz CT molecular complexity index is 543. The quantitative estimate of drug-likeness (QED) is 0.920. The molecule has 120 valence electrons. The van der Waals surface area contributed by atoms with Crippen LogP contribution in [0.15, 0.2) is 18.3 Å². The smallest absolute Gasteiger partial charge is 0.365 e. The fourth-order valence-electron chi connectivity index (χ4n) is 2.28. The van der Waals surface area contributed by atoms with Gasteiger partial charge in [-0.15, -0.1) is 0 Å². The Kier molecular flexibility index (Phi) is 3.94. The second kappa shape index (κ2) is 5.75. The van der Waals surface area contributed by atoms with Gasteiger partial charge in [0.25, 0.3) is 5.91 Å². The number of hydrogen-bond donors (Lipinski definition) is 1. The van der Waals surface area contributed by atoms with E-state index in [2.05, 4.69) is 10.3 Å². The summed E-state index contributed by atoms with van der Waals surface area (Å²) < 4.78 is 43.0. The van der Waals surface area contributed by atoms with Crippen molar-refractivity contribution in [3.05, 3.63) is 23.9 Å². The van der Waals surface area contributed by atoms with E-state index in [1.54, 1.807) is 4.90 Å². The summed E-state index contributed by atoms with van der Waals surface area (Å²) in [6, 6.07) is 2.57. The summed E-state index contributed by atoms with van der Waals surface area (Å²) in [5.74, 6) is 0.250. The van der Waals surface area contributed by atoms with Crippen molar-refractivity contribution >= 4 is 11.7 Å². The van der Waals surface area contributed by atoms with Crippen molar-refractivity contribution in [1.82, 2.24) is 10.3 Å². The van der Waals surface area contributed by atoms with Crippen LogP contribution in [0.3, 0.4) is 0 Å². The van der Waals surface area contributed by atoms with E-state index in [-0.39, 0.29) is 18.5 Å². The molecule has 3 rings (SSSR count). The number of aromatic nitrogens is 1. The van der Waals surface area contributed by atoms with Gasteiger partial charge in [0.15, 0.2) is 6.10 Å². The third-order valence-electron chi connectivity index (χ3n) is 3.68. The van der Waals surface area contributed by atoms with E-state index in [1.807, 2.05) is 0 Å². The molecule has 1 unspecified atom stereocenters. The number of nitrogens with zero attached hydrogens (tertiary/aromatic N) is 2. The van der Waals surface area contributed by atoms with Crippen molar-refractivity contribution in [2.75, 3.05) is 24.6 Å². The molecule has 0 radical (unpaired) electrons. The SMILES string of the molecule is O=C(NC1CC1)C1CN(c2ccc(C(F)(F)F)cn2)CCO1. The molecule has 1 aliphatic heterocycles. The van der Waals surface area contributed by atoms with Gasteiger partial charge in [0.05, 0.1) is 18.7 Å². The summed E-state index contributed by atoms with van der Waals surface area (Å²) in [7, 11) is 0. The Balaban J connectivity index is 1.64. The molecule has 22 heavy (non-hydrogen) atoms. The zero-order valence-electron chi connectivity index (χ0n) is 11.8. The molecular weight excluding hydrogens is 299 g/mol. The lowest BCUT2D eigenvalue weighted by molar-refractivity contribution is -0.137. The zero-order valence-corrected chi connectivity index (χ0v) is 11.8. The largest absolute Gasteiger partial charge is 0.417 e. The first-order valence-electron chi connectivity index (χ1n) is 7.13. The van der Waals surface area contributed by atoms with Gasteiger partial charge in [0, 0.05) is 18.8 Å². The van der Waals surface area contributed by atoms with Crippen LogP contribution in [0.5, 0.6) is 0 Å². The number of anilines is 1. The number of halogens is 3. The molecule has 1 saturated carbocycles. The number of pyridine rings is 1. The first kappa shape index (κ1) is 15.1. The second-order valence-electron chi connectivity index (χ2n) is 5.49. The number of carbonyl (C=O) groups excluding carboxylic acids is 1. The summed E-state index contributed by atoms with van der Waals surface area (Å²) in [4.78, 5) is 17.6. The van der Waals surface area contributed by atoms with E-state index in [4.69, 9.17) is 4.74 Å². The minimum absolute atomic E-state index is 0.167. The van der Waals surface area contributed by atoms with E-state index in [9.17, 15) is 18.0 Å². The first-order chi connectivity index (χ1) is 10.4. The van der Waals surface area contributed by atoms with Crippen LogP contribution in [-0.2, 0) is 15.7 Å². The molecule has 2 fully saturated rings. The normalized spacial score (nSPS) is 22.5. The van der Waals surface area contributed by atoms with Gasteiger partial charge in [0.2, 0.25) is 0 Å². The van der Waals surface area contributed by atoms with Crippen molar-refractivity contribution in [2.24, 2.45) is 0 Å². The van der Waals surface area contributed by atoms with Crippen LogP contribution in [0.4, 0.5) is 19.0 Å². The average molecular weight is 315 g/mol. The van der Waals surface area contributed by atoms with Crippen molar-refractivity contribution < 1.29 is 22.7 Å². The van der Waals surface area contributed by atoms with Crippen LogP contribution in [0, 0.1) is 0 Å². The van der Waals surface area contributed by atoms with Gasteiger partial charge in [-0.25, -0.2) is 4.98 Å². The maximum absolute atomic E-state index is 12.5. The Hall–Kier alpha value is -1.83. The molecule has 1 aliphatic carbocycles. The summed E-state index contributed by atoms with van der Waals surface area (Å²) >= 11 is 0. The van der Waals surface area contributed by atoms with Crippen LogP contribution in [0.25, 0.3) is 0 Å². The maximum atomic E-state index is 12.5. The molecule has 1 aromatic heterocycles. The van der Waals surface area contributed by atoms with Crippen molar-refractivity contribution in [3.8, 4) is 0 Å². The third-order valence-corrected chi connectivity index (χ3v) is 3.68. The lowest BCUT2D eigenvalue weighted by Gasteiger charge is -2.33. The number of carbonyl (C=O) groups is 1. The lowest BCUT2D eigenvalue weighted by Crippen LogP contribution is -2.50. The highest BCUT2D eigenvalue weighted by atomic mass is 19.4. The van der Waals surface area contributed by atoms with Crippen molar-refractivity contribution in [1.29, 1.82) is 0 Å². The van der Waals surface area contributed by atoms with Gasteiger partial charge in [-0.05, 0) is 25.0 Å². The molecule has 5 nitrogen and oxygen atoms in total. The highest BCUT2D eigenvalue weighted by molar-refractivity contribution is 5.82. The zero-order chi connectivity index (χ0) is 15.7. The van der Waals surface area contributed by atoms with Gasteiger partial charge in [-0.1, -0.05) is 0 Å². The van der Waals surface area contributed by atoms with Crippen LogP contribution >= 0.6 is 0 Å². The van der Waals surface area contributed by atoms with Crippen LogP contribution in [0.1, 0.15) is 18.4 Å². The Morgan fingerprint density at radius 3 is 2.73 bits per heavy atom. The minimum atomic E-state index is -4.40. The Morgan fingerprint density at radius 1 is 1.36 bits per heavy atom. The molecule has 0 spiro atoms. The molecule has 2 heterocycles. The molecule has 1 atom stereocenters. The summed E-state index contributed by atoms with van der Waals surface area (Å²) in [6.07, 6.45) is -2.23. The minimum Gasteiger partial charge on any atom is -0.365 e. The summed E-state index contributed by atoms with van der Waals surface area (Å²) in [5, 5.41) is 2.86. The fourth-order valence-corrected chi connectivity index (χ4v) is 2.28. The standard InChI is InChI=1S/C14H16F3N3O2/c15-14(16,17)9-1-4-12(18-7-9)20-5-6-22-11(8-20)13(21)19-10-2-3-10/h1,4,7,10-11H,2-3,5-6,8H2,(H,19,21).